The number of benzene rings is 2. The van der Waals surface area contributed by atoms with Gasteiger partial charge in [0.15, 0.2) is 11.5 Å². The van der Waals surface area contributed by atoms with Crippen molar-refractivity contribution in [2.45, 2.75) is 17.9 Å². The molecule has 2 aromatic rings. The van der Waals surface area contributed by atoms with E-state index in [1.165, 1.54) is 32.0 Å². The van der Waals surface area contributed by atoms with Crippen LogP contribution in [0.25, 0.3) is 0 Å². The normalized spacial score (nSPS) is 16.4. The number of sulfonamides is 1. The van der Waals surface area contributed by atoms with E-state index in [1.54, 1.807) is 6.07 Å². The van der Waals surface area contributed by atoms with Crippen LogP contribution in [0.5, 0.6) is 11.5 Å². The van der Waals surface area contributed by atoms with Crippen molar-refractivity contribution < 1.29 is 17.9 Å². The minimum Gasteiger partial charge on any atom is -0.493 e. The van der Waals surface area contributed by atoms with Gasteiger partial charge in [-0.1, -0.05) is 18.2 Å². The van der Waals surface area contributed by atoms with E-state index < -0.39 is 10.0 Å². The Morgan fingerprint density at radius 3 is 2.24 bits per heavy atom. The summed E-state index contributed by atoms with van der Waals surface area (Å²) in [4.78, 5) is 4.84. The Bertz CT molecular complexity index is 897. The number of ether oxygens (including phenoxy) is 2. The van der Waals surface area contributed by atoms with Gasteiger partial charge in [0.05, 0.1) is 19.1 Å². The lowest BCUT2D eigenvalue weighted by molar-refractivity contribution is 0.198. The van der Waals surface area contributed by atoms with Gasteiger partial charge in [-0.3, -0.25) is 4.90 Å². The van der Waals surface area contributed by atoms with E-state index in [4.69, 9.17) is 9.47 Å². The van der Waals surface area contributed by atoms with Crippen LogP contribution in [0.3, 0.4) is 0 Å². The van der Waals surface area contributed by atoms with Gasteiger partial charge in [-0.2, -0.15) is 0 Å². The average molecular weight is 420 g/mol. The van der Waals surface area contributed by atoms with Crippen LogP contribution in [0, 0.1) is 0 Å². The summed E-state index contributed by atoms with van der Waals surface area (Å²) in [6.45, 7) is 6.05. The van der Waals surface area contributed by atoms with Crippen LogP contribution >= 0.6 is 0 Å². The van der Waals surface area contributed by atoms with Crippen LogP contribution in [0.2, 0.25) is 0 Å². The van der Waals surface area contributed by atoms with E-state index in [0.717, 1.165) is 26.2 Å². The average Bonchev–Trinajstić information content (AvgIpc) is 2.77. The summed E-state index contributed by atoms with van der Waals surface area (Å²) in [7, 11) is -0.626. The number of para-hydroxylation sites is 1. The summed E-state index contributed by atoms with van der Waals surface area (Å²) in [5.74, 6) is 0.886. The summed E-state index contributed by atoms with van der Waals surface area (Å²) in [5.41, 5.74) is 1.23. The van der Waals surface area contributed by atoms with Gasteiger partial charge in [-0.15, -0.1) is 0 Å². The van der Waals surface area contributed by atoms with Gasteiger partial charge >= 0.3 is 0 Å². The molecule has 2 aromatic carbocycles. The van der Waals surface area contributed by atoms with Gasteiger partial charge in [0.1, 0.15) is 0 Å². The standard InChI is InChI=1S/C21H29N3O4S/c1-17(23-11-13-24(14-12-23)18-7-5-4-6-8-18)16-22-29(25,26)19-9-10-20(27-2)21(15-19)28-3/h4-10,15,17,22H,11-14,16H2,1-3H3. The fourth-order valence-electron chi connectivity index (χ4n) is 3.49. The van der Waals surface area contributed by atoms with E-state index in [-0.39, 0.29) is 10.9 Å². The maximum Gasteiger partial charge on any atom is 0.240 e. The van der Waals surface area contributed by atoms with Crippen LogP contribution in [0.1, 0.15) is 6.92 Å². The quantitative estimate of drug-likeness (QED) is 0.707. The molecule has 0 aromatic heterocycles. The van der Waals surface area contributed by atoms with Crippen molar-refractivity contribution >= 4 is 15.7 Å². The molecule has 1 aliphatic rings. The van der Waals surface area contributed by atoms with Crippen molar-refractivity contribution in [3.63, 3.8) is 0 Å². The summed E-state index contributed by atoms with van der Waals surface area (Å²) < 4.78 is 38.5. The molecule has 8 heteroatoms. The SMILES string of the molecule is COc1ccc(S(=O)(=O)NCC(C)N2CCN(c3ccccc3)CC2)cc1OC. The molecular formula is C21H29N3O4S. The molecular weight excluding hydrogens is 390 g/mol. The molecule has 0 bridgehead atoms. The summed E-state index contributed by atoms with van der Waals surface area (Å²) in [6, 6.07) is 15.1. The second kappa shape index (κ2) is 9.47. The number of piperazine rings is 1. The second-order valence-electron chi connectivity index (χ2n) is 7.08. The number of hydrogen-bond donors (Lipinski definition) is 1. The Morgan fingerprint density at radius 1 is 0.966 bits per heavy atom. The molecule has 3 rings (SSSR count). The molecule has 0 saturated carbocycles. The molecule has 0 aliphatic carbocycles. The Kier molecular flexibility index (Phi) is 7.00. The highest BCUT2D eigenvalue weighted by Crippen LogP contribution is 2.29. The predicted octanol–water partition coefficient (Wildman–Crippen LogP) is 2.19. The first kappa shape index (κ1) is 21.4. The number of hydrogen-bond acceptors (Lipinski definition) is 6. The van der Waals surface area contributed by atoms with Crippen molar-refractivity contribution in [2.75, 3.05) is 51.8 Å². The van der Waals surface area contributed by atoms with Crippen LogP contribution in [0.15, 0.2) is 53.4 Å². The van der Waals surface area contributed by atoms with Crippen molar-refractivity contribution in [2.24, 2.45) is 0 Å². The predicted molar refractivity (Wildman–Crippen MR) is 114 cm³/mol. The monoisotopic (exact) mass is 419 g/mol. The lowest BCUT2D eigenvalue weighted by Gasteiger charge is -2.39. The first-order chi connectivity index (χ1) is 13.9. The lowest BCUT2D eigenvalue weighted by Crippen LogP contribution is -2.52. The molecule has 1 heterocycles. The Hall–Kier alpha value is -2.29. The highest BCUT2D eigenvalue weighted by molar-refractivity contribution is 7.89. The topological polar surface area (TPSA) is 71.1 Å². The number of methoxy groups -OCH3 is 2. The first-order valence-electron chi connectivity index (χ1n) is 9.70. The van der Waals surface area contributed by atoms with E-state index in [9.17, 15) is 8.42 Å². The zero-order valence-corrected chi connectivity index (χ0v) is 18.0. The molecule has 1 saturated heterocycles. The van der Waals surface area contributed by atoms with Crippen LogP contribution in [-0.4, -0.2) is 66.3 Å². The van der Waals surface area contributed by atoms with Gasteiger partial charge in [0, 0.05) is 50.5 Å². The second-order valence-corrected chi connectivity index (χ2v) is 8.84. The van der Waals surface area contributed by atoms with Crippen molar-refractivity contribution in [3.8, 4) is 11.5 Å². The van der Waals surface area contributed by atoms with E-state index in [1.807, 2.05) is 18.2 Å². The van der Waals surface area contributed by atoms with Crippen LogP contribution in [-0.2, 0) is 10.0 Å². The minimum absolute atomic E-state index is 0.0999. The van der Waals surface area contributed by atoms with Gasteiger partial charge in [-0.05, 0) is 31.2 Å². The third-order valence-electron chi connectivity index (χ3n) is 5.29. The molecule has 1 aliphatic heterocycles. The Labute approximate surface area is 173 Å². The molecule has 0 spiro atoms. The first-order valence-corrected chi connectivity index (χ1v) is 11.2. The largest absolute Gasteiger partial charge is 0.493 e. The molecule has 1 atom stereocenters. The molecule has 1 unspecified atom stereocenters. The lowest BCUT2D eigenvalue weighted by atomic mass is 10.2. The third-order valence-corrected chi connectivity index (χ3v) is 6.71. The highest BCUT2D eigenvalue weighted by atomic mass is 32.2. The maximum atomic E-state index is 12.7. The van der Waals surface area contributed by atoms with Crippen molar-refractivity contribution in [3.05, 3.63) is 48.5 Å². The fourth-order valence-corrected chi connectivity index (χ4v) is 4.62. The van der Waals surface area contributed by atoms with E-state index >= 15 is 0 Å². The van der Waals surface area contributed by atoms with Crippen LogP contribution < -0.4 is 19.1 Å². The maximum absolute atomic E-state index is 12.7. The molecule has 0 radical (unpaired) electrons. The number of nitrogens with one attached hydrogen (secondary N) is 1. The fraction of sp³-hybridized carbons (Fsp3) is 0.429. The molecule has 1 N–H and O–H groups in total. The van der Waals surface area contributed by atoms with Gasteiger partial charge in [-0.25, -0.2) is 13.1 Å². The molecule has 7 nitrogen and oxygen atoms in total. The summed E-state index contributed by atoms with van der Waals surface area (Å²) in [5, 5.41) is 0. The zero-order valence-electron chi connectivity index (χ0n) is 17.2. The number of nitrogens with zero attached hydrogens (tertiary/aromatic N) is 2. The minimum atomic E-state index is -3.63. The smallest absolute Gasteiger partial charge is 0.240 e. The summed E-state index contributed by atoms with van der Waals surface area (Å²) >= 11 is 0. The Morgan fingerprint density at radius 2 is 1.62 bits per heavy atom. The highest BCUT2D eigenvalue weighted by Gasteiger charge is 2.23. The third kappa shape index (κ3) is 5.20. The van der Waals surface area contributed by atoms with E-state index in [2.05, 4.69) is 33.6 Å². The van der Waals surface area contributed by atoms with Gasteiger partial charge in [0.25, 0.3) is 0 Å². The van der Waals surface area contributed by atoms with Gasteiger partial charge in [0.2, 0.25) is 10.0 Å². The Balaban J connectivity index is 1.55. The molecule has 0 amide bonds. The van der Waals surface area contributed by atoms with Crippen LogP contribution in [0.4, 0.5) is 5.69 Å². The zero-order chi connectivity index (χ0) is 20.9. The molecule has 29 heavy (non-hydrogen) atoms. The number of rotatable bonds is 8. The molecule has 158 valence electrons. The number of anilines is 1. The molecule has 1 fully saturated rings. The van der Waals surface area contributed by atoms with Crippen molar-refractivity contribution in [1.29, 1.82) is 0 Å². The van der Waals surface area contributed by atoms with E-state index in [0.29, 0.717) is 18.0 Å². The summed E-state index contributed by atoms with van der Waals surface area (Å²) in [6.07, 6.45) is 0. The van der Waals surface area contributed by atoms with Crippen molar-refractivity contribution in [1.82, 2.24) is 9.62 Å². The van der Waals surface area contributed by atoms with Gasteiger partial charge < -0.3 is 14.4 Å².